The van der Waals surface area contributed by atoms with Gasteiger partial charge in [-0.05, 0) is 51.4 Å². The normalized spacial score (nSPS) is 22.3. The number of likely N-dealkylation sites (tertiary alicyclic amines) is 1. The van der Waals surface area contributed by atoms with Crippen molar-refractivity contribution in [2.75, 3.05) is 42.6 Å². The van der Waals surface area contributed by atoms with E-state index in [1.165, 1.54) is 12.1 Å². The summed E-state index contributed by atoms with van der Waals surface area (Å²) in [5, 5.41) is 18.6. The average Bonchev–Trinajstić information content (AvgIpc) is 3.45. The number of amides is 1. The Morgan fingerprint density at radius 2 is 2.00 bits per heavy atom. The Morgan fingerprint density at radius 3 is 2.71 bits per heavy atom. The highest BCUT2D eigenvalue weighted by atomic mass is 35.5. The van der Waals surface area contributed by atoms with Crippen LogP contribution in [0.15, 0.2) is 30.5 Å². The zero-order valence-corrected chi connectivity index (χ0v) is 23.1. The summed E-state index contributed by atoms with van der Waals surface area (Å²) in [4.78, 5) is 22.4. The lowest BCUT2D eigenvalue weighted by Crippen LogP contribution is -2.39. The molecule has 0 radical (unpaired) electrons. The Hall–Kier alpha value is -2.93. The maximum atomic E-state index is 13.8. The summed E-state index contributed by atoms with van der Waals surface area (Å²) < 4.78 is 28.0. The molecule has 3 aromatic rings. The lowest BCUT2D eigenvalue weighted by Gasteiger charge is -2.35. The number of aromatic nitrogens is 3. The van der Waals surface area contributed by atoms with Gasteiger partial charge in [-0.15, -0.1) is 0 Å². The van der Waals surface area contributed by atoms with Crippen LogP contribution in [0.4, 0.5) is 11.5 Å². The number of piperidine rings is 1. The van der Waals surface area contributed by atoms with Crippen molar-refractivity contribution in [3.8, 4) is 0 Å². The number of hydrogen-bond donors (Lipinski definition) is 3. The fourth-order valence-electron chi connectivity index (χ4n) is 5.36. The van der Waals surface area contributed by atoms with Crippen molar-refractivity contribution < 1.29 is 18.3 Å². The minimum Gasteiger partial charge on any atom is -0.390 e. The first-order valence-corrected chi connectivity index (χ1v) is 14.9. The molecule has 2 saturated heterocycles. The van der Waals surface area contributed by atoms with Crippen LogP contribution in [0.25, 0.3) is 5.65 Å². The molecule has 3 N–H and O–H groups in total. The molecule has 0 spiro atoms. The van der Waals surface area contributed by atoms with Crippen molar-refractivity contribution in [1.29, 1.82) is 0 Å². The maximum Gasteiger partial charge on any atom is 0.256 e. The van der Waals surface area contributed by atoms with Crippen molar-refractivity contribution in [2.24, 2.45) is 0 Å². The number of aryl methyl sites for hydroxylation is 1. The molecule has 38 heavy (non-hydrogen) atoms. The van der Waals surface area contributed by atoms with Crippen LogP contribution >= 0.6 is 11.6 Å². The molecule has 0 aliphatic carbocycles. The number of carbonyl (C=O) groups excluding carboxylic acids is 1. The molecule has 11 nitrogen and oxygen atoms in total. The van der Waals surface area contributed by atoms with Crippen molar-refractivity contribution in [1.82, 2.24) is 24.8 Å². The first-order valence-electron chi connectivity index (χ1n) is 12.6. The van der Waals surface area contributed by atoms with Gasteiger partial charge < -0.3 is 20.2 Å². The number of likely N-dealkylation sites (N-methyl/N-ethyl adjacent to an activating group) is 1. The van der Waals surface area contributed by atoms with E-state index in [4.69, 9.17) is 21.7 Å². The number of rotatable bonds is 6. The molecule has 0 unspecified atom stereocenters. The minimum absolute atomic E-state index is 0.0247. The molecule has 0 bridgehead atoms. The van der Waals surface area contributed by atoms with E-state index in [9.17, 15) is 18.3 Å². The number of nitrogens with one attached hydrogen (secondary N) is 2. The summed E-state index contributed by atoms with van der Waals surface area (Å²) in [7, 11) is -1.76. The van der Waals surface area contributed by atoms with E-state index >= 15 is 0 Å². The van der Waals surface area contributed by atoms with Gasteiger partial charge in [0.05, 0.1) is 41.4 Å². The number of aliphatic hydroxyl groups is 1. The molecule has 13 heteroatoms. The summed E-state index contributed by atoms with van der Waals surface area (Å²) in [6.07, 6.45) is 4.96. The minimum atomic E-state index is -3.60. The highest BCUT2D eigenvalue weighted by Gasteiger charge is 2.34. The van der Waals surface area contributed by atoms with Gasteiger partial charge in [0.15, 0.2) is 5.65 Å². The van der Waals surface area contributed by atoms with Crippen molar-refractivity contribution in [3.63, 3.8) is 0 Å². The second-order valence-electron chi connectivity index (χ2n) is 10.1. The van der Waals surface area contributed by atoms with E-state index in [0.29, 0.717) is 30.3 Å². The smallest absolute Gasteiger partial charge is 0.256 e. The highest BCUT2D eigenvalue weighted by Crippen LogP contribution is 2.34. The van der Waals surface area contributed by atoms with Crippen LogP contribution in [0.1, 0.15) is 46.9 Å². The molecule has 2 fully saturated rings. The van der Waals surface area contributed by atoms with Gasteiger partial charge >= 0.3 is 0 Å². The maximum absolute atomic E-state index is 13.8. The number of halogens is 1. The predicted molar refractivity (Wildman–Crippen MR) is 146 cm³/mol. The van der Waals surface area contributed by atoms with Crippen LogP contribution < -0.4 is 14.9 Å². The number of aliphatic hydroxyl groups excluding tert-OH is 1. The number of nitrogens with zero attached hydrogens (tertiary/aromatic N) is 5. The summed E-state index contributed by atoms with van der Waals surface area (Å²) in [6, 6.07) is 6.12. The number of sulfonamides is 1. The van der Waals surface area contributed by atoms with E-state index in [0.717, 1.165) is 42.6 Å². The monoisotopic (exact) mass is 561 g/mol. The van der Waals surface area contributed by atoms with E-state index in [2.05, 4.69) is 14.9 Å². The second kappa shape index (κ2) is 10.3. The third-order valence-electron chi connectivity index (χ3n) is 7.20. The Balaban J connectivity index is 1.47. The lowest BCUT2D eigenvalue weighted by atomic mass is 9.98. The third-order valence-corrected chi connectivity index (χ3v) is 8.02. The fourth-order valence-corrected chi connectivity index (χ4v) is 6.11. The number of β-amino-alcohol motifs (C(OH)–C–C–N with tert-alkyl or cyclic N) is 1. The highest BCUT2D eigenvalue weighted by molar-refractivity contribution is 7.92. The molecule has 5 rings (SSSR count). The van der Waals surface area contributed by atoms with Gasteiger partial charge in [0.25, 0.3) is 5.91 Å². The predicted octanol–water partition coefficient (Wildman–Crippen LogP) is 2.20. The van der Waals surface area contributed by atoms with E-state index < -0.39 is 16.1 Å². The van der Waals surface area contributed by atoms with Crippen LogP contribution in [-0.2, 0) is 10.0 Å². The SMILES string of the molecule is CN[C@@H]1CN(c2nc3cc([C@@H]4CCCCN4C(=O)c4cc(Cl)ccc4NS(C)(=O)=O)nn3cc2C)C[C@H]1O. The largest absolute Gasteiger partial charge is 0.390 e. The van der Waals surface area contributed by atoms with Gasteiger partial charge in [0, 0.05) is 42.5 Å². The van der Waals surface area contributed by atoms with Gasteiger partial charge in [-0.3, -0.25) is 9.52 Å². The molecule has 3 atom stereocenters. The lowest BCUT2D eigenvalue weighted by molar-refractivity contribution is 0.0607. The van der Waals surface area contributed by atoms with Crippen molar-refractivity contribution in [2.45, 2.75) is 44.4 Å². The number of fused-ring (bicyclic) bond motifs is 1. The third kappa shape index (κ3) is 5.31. The van der Waals surface area contributed by atoms with Crippen LogP contribution in [0.2, 0.25) is 5.02 Å². The van der Waals surface area contributed by atoms with Gasteiger partial charge in [-0.1, -0.05) is 11.6 Å². The summed E-state index contributed by atoms with van der Waals surface area (Å²) in [5.41, 5.74) is 2.69. The molecule has 204 valence electrons. The molecular formula is C25H32ClN7O4S. The van der Waals surface area contributed by atoms with Crippen LogP contribution in [0.5, 0.6) is 0 Å². The van der Waals surface area contributed by atoms with Crippen LogP contribution in [0, 0.1) is 6.92 Å². The first kappa shape index (κ1) is 26.7. The van der Waals surface area contributed by atoms with Crippen LogP contribution in [0.3, 0.4) is 0 Å². The Labute approximate surface area is 226 Å². The van der Waals surface area contributed by atoms with Gasteiger partial charge in [-0.2, -0.15) is 5.10 Å². The van der Waals surface area contributed by atoms with Gasteiger partial charge in [-0.25, -0.2) is 17.9 Å². The molecule has 1 amide bonds. The molecule has 4 heterocycles. The quantitative estimate of drug-likeness (QED) is 0.417. The topological polar surface area (TPSA) is 132 Å². The first-order chi connectivity index (χ1) is 18.0. The van der Waals surface area contributed by atoms with E-state index in [1.807, 2.05) is 26.2 Å². The zero-order valence-electron chi connectivity index (χ0n) is 21.6. The summed E-state index contributed by atoms with van der Waals surface area (Å²) >= 11 is 6.19. The second-order valence-corrected chi connectivity index (χ2v) is 12.2. The Morgan fingerprint density at radius 1 is 1.21 bits per heavy atom. The molecule has 2 aliphatic heterocycles. The molecule has 2 aliphatic rings. The number of hydrogen-bond acceptors (Lipinski definition) is 8. The number of carbonyl (C=O) groups is 1. The Bertz CT molecular complexity index is 1480. The van der Waals surface area contributed by atoms with E-state index in [-0.39, 0.29) is 29.2 Å². The number of anilines is 2. The Kier molecular flexibility index (Phi) is 7.25. The standard InChI is InChI=1S/C25H32ClN7O4S/c1-15-12-33-23(28-24(15)31-13-20(27-2)22(34)14-31)11-19(29-33)21-6-4-5-9-32(21)25(35)17-10-16(26)7-8-18(17)30-38(3,36)37/h7-8,10-12,20-22,27,30,34H,4-6,9,13-14H2,1-3H3/t20-,21+,22-/m1/s1. The summed E-state index contributed by atoms with van der Waals surface area (Å²) in [6.45, 7) is 3.62. The number of benzene rings is 1. The molecule has 2 aromatic heterocycles. The molecule has 1 aromatic carbocycles. The van der Waals surface area contributed by atoms with Gasteiger partial charge in [0.1, 0.15) is 5.82 Å². The van der Waals surface area contributed by atoms with Gasteiger partial charge in [0.2, 0.25) is 10.0 Å². The zero-order chi connectivity index (χ0) is 27.2. The summed E-state index contributed by atoms with van der Waals surface area (Å²) in [5.74, 6) is 0.488. The fraction of sp³-hybridized carbons (Fsp3) is 0.480. The average molecular weight is 562 g/mol. The molecular weight excluding hydrogens is 530 g/mol. The van der Waals surface area contributed by atoms with Crippen LogP contribution in [-0.4, -0.2) is 84.0 Å². The molecule has 0 saturated carbocycles. The van der Waals surface area contributed by atoms with Crippen molar-refractivity contribution in [3.05, 3.63) is 52.3 Å². The van der Waals surface area contributed by atoms with Crippen molar-refractivity contribution >= 4 is 44.7 Å². The van der Waals surface area contributed by atoms with E-state index in [1.54, 1.807) is 15.5 Å².